The first-order valence-electron chi connectivity index (χ1n) is 11.3. The van der Waals surface area contributed by atoms with Gasteiger partial charge in [0.15, 0.2) is 22.1 Å². The lowest BCUT2D eigenvalue weighted by Crippen LogP contribution is -2.46. The summed E-state index contributed by atoms with van der Waals surface area (Å²) in [5.41, 5.74) is 0.997. The fraction of sp³-hybridized carbons (Fsp3) is 0.652. The van der Waals surface area contributed by atoms with E-state index in [1.807, 2.05) is 22.9 Å². The molecule has 1 aliphatic carbocycles. The molecule has 0 N–H and O–H groups in total. The monoisotopic (exact) mass is 446 g/mol. The molecule has 170 valence electrons. The van der Waals surface area contributed by atoms with Crippen LogP contribution in [-0.2, 0) is 11.4 Å². The van der Waals surface area contributed by atoms with E-state index in [-0.39, 0.29) is 12.2 Å². The summed E-state index contributed by atoms with van der Waals surface area (Å²) in [6, 6.07) is 6.37. The Bertz CT molecular complexity index is 941. The second kappa shape index (κ2) is 9.71. The van der Waals surface area contributed by atoms with E-state index < -0.39 is 0 Å². The van der Waals surface area contributed by atoms with Crippen LogP contribution in [-0.4, -0.2) is 58.8 Å². The van der Waals surface area contributed by atoms with Gasteiger partial charge in [-0.3, -0.25) is 9.47 Å². The summed E-state index contributed by atoms with van der Waals surface area (Å²) in [5.74, 6) is 2.32. The van der Waals surface area contributed by atoms with Crippen molar-refractivity contribution in [2.24, 2.45) is 0 Å². The molecule has 2 aliphatic rings. The van der Waals surface area contributed by atoms with Crippen LogP contribution in [0.25, 0.3) is 11.4 Å². The van der Waals surface area contributed by atoms with Gasteiger partial charge in [0.2, 0.25) is 0 Å². The lowest BCUT2D eigenvalue weighted by atomic mass is 9.95. The average Bonchev–Trinajstić information content (AvgIpc) is 3.09. The summed E-state index contributed by atoms with van der Waals surface area (Å²) in [5, 5.41) is 5.03. The number of ether oxygens (including phenoxy) is 3. The number of aromatic nitrogens is 3. The van der Waals surface area contributed by atoms with Crippen molar-refractivity contribution in [2.75, 3.05) is 27.3 Å². The molecular formula is C23H34N4O3S. The van der Waals surface area contributed by atoms with Crippen LogP contribution in [0.5, 0.6) is 11.5 Å². The molecule has 2 heterocycles. The molecule has 8 heteroatoms. The number of hydrogen-bond acceptors (Lipinski definition) is 6. The minimum atomic E-state index is 0.212. The molecule has 0 radical (unpaired) electrons. The highest BCUT2D eigenvalue weighted by Gasteiger charge is 2.26. The second-order valence-corrected chi connectivity index (χ2v) is 9.14. The highest BCUT2D eigenvalue weighted by atomic mass is 32.1. The Kier molecular flexibility index (Phi) is 6.99. The Morgan fingerprint density at radius 1 is 1.03 bits per heavy atom. The van der Waals surface area contributed by atoms with Crippen LogP contribution in [0.3, 0.4) is 0 Å². The molecule has 2 aromatic rings. The summed E-state index contributed by atoms with van der Waals surface area (Å²) in [6.07, 6.45) is 6.49. The van der Waals surface area contributed by atoms with Crippen molar-refractivity contribution in [1.82, 2.24) is 19.2 Å². The Morgan fingerprint density at radius 2 is 1.71 bits per heavy atom. The summed E-state index contributed by atoms with van der Waals surface area (Å²) < 4.78 is 21.9. The SMILES string of the molecule is COc1ccc(-c2nn(CN3C[C@H](C)O[C@@H](C)C3)c(=S)n2C2CCCCC2)cc1OC. The first kappa shape index (κ1) is 22.3. The minimum Gasteiger partial charge on any atom is -0.493 e. The van der Waals surface area contributed by atoms with E-state index in [2.05, 4.69) is 23.3 Å². The highest BCUT2D eigenvalue weighted by molar-refractivity contribution is 7.71. The molecule has 1 aromatic carbocycles. The van der Waals surface area contributed by atoms with Crippen molar-refractivity contribution >= 4 is 12.2 Å². The summed E-state index contributed by atoms with van der Waals surface area (Å²) >= 11 is 5.98. The molecular weight excluding hydrogens is 412 g/mol. The third-order valence-corrected chi connectivity index (χ3v) is 6.69. The average molecular weight is 447 g/mol. The minimum absolute atomic E-state index is 0.212. The Hall–Kier alpha value is -1.90. The molecule has 2 fully saturated rings. The zero-order valence-electron chi connectivity index (χ0n) is 19.0. The Balaban J connectivity index is 1.73. The molecule has 0 spiro atoms. The van der Waals surface area contributed by atoms with Crippen molar-refractivity contribution in [3.63, 3.8) is 0 Å². The normalized spacial score (nSPS) is 23.1. The van der Waals surface area contributed by atoms with E-state index in [9.17, 15) is 0 Å². The van der Waals surface area contributed by atoms with Gasteiger partial charge in [0.05, 0.1) is 33.1 Å². The lowest BCUT2D eigenvalue weighted by molar-refractivity contribution is -0.0777. The molecule has 1 saturated carbocycles. The van der Waals surface area contributed by atoms with Crippen molar-refractivity contribution in [1.29, 1.82) is 0 Å². The molecule has 7 nitrogen and oxygen atoms in total. The molecule has 1 aromatic heterocycles. The van der Waals surface area contributed by atoms with Gasteiger partial charge in [-0.25, -0.2) is 4.68 Å². The third kappa shape index (κ3) is 4.81. The van der Waals surface area contributed by atoms with Crippen molar-refractivity contribution < 1.29 is 14.2 Å². The predicted molar refractivity (Wildman–Crippen MR) is 123 cm³/mol. The van der Waals surface area contributed by atoms with E-state index in [0.29, 0.717) is 24.2 Å². The topological polar surface area (TPSA) is 53.7 Å². The van der Waals surface area contributed by atoms with Gasteiger partial charge in [-0.2, -0.15) is 5.10 Å². The van der Waals surface area contributed by atoms with Crippen LogP contribution < -0.4 is 9.47 Å². The maximum Gasteiger partial charge on any atom is 0.199 e. The zero-order valence-corrected chi connectivity index (χ0v) is 19.9. The van der Waals surface area contributed by atoms with Gasteiger partial charge in [0.25, 0.3) is 0 Å². The summed E-state index contributed by atoms with van der Waals surface area (Å²) in [4.78, 5) is 2.38. The summed E-state index contributed by atoms with van der Waals surface area (Å²) in [7, 11) is 3.31. The van der Waals surface area contributed by atoms with Gasteiger partial charge in [-0.15, -0.1) is 0 Å². The van der Waals surface area contributed by atoms with Crippen molar-refractivity contribution in [3.05, 3.63) is 23.0 Å². The van der Waals surface area contributed by atoms with E-state index in [1.54, 1.807) is 14.2 Å². The second-order valence-electron chi connectivity index (χ2n) is 8.77. The van der Waals surface area contributed by atoms with Crippen LogP contribution in [0.15, 0.2) is 18.2 Å². The maximum absolute atomic E-state index is 5.98. The molecule has 0 bridgehead atoms. The van der Waals surface area contributed by atoms with Crippen LogP contribution in [0.2, 0.25) is 0 Å². The first-order valence-corrected chi connectivity index (χ1v) is 11.7. The van der Waals surface area contributed by atoms with Crippen molar-refractivity contribution in [3.8, 4) is 22.9 Å². The van der Waals surface area contributed by atoms with Crippen LogP contribution >= 0.6 is 12.2 Å². The fourth-order valence-electron chi connectivity index (χ4n) is 4.94. The van der Waals surface area contributed by atoms with Crippen LogP contribution in [0, 0.1) is 4.77 Å². The quantitative estimate of drug-likeness (QED) is 0.601. The Morgan fingerprint density at radius 3 is 2.35 bits per heavy atom. The molecule has 1 saturated heterocycles. The molecule has 31 heavy (non-hydrogen) atoms. The van der Waals surface area contributed by atoms with Gasteiger partial charge in [-0.05, 0) is 57.1 Å². The summed E-state index contributed by atoms with van der Waals surface area (Å²) in [6.45, 7) is 6.69. The Labute approximate surface area is 189 Å². The lowest BCUT2D eigenvalue weighted by Gasteiger charge is -2.34. The van der Waals surface area contributed by atoms with Gasteiger partial charge < -0.3 is 14.2 Å². The van der Waals surface area contributed by atoms with E-state index in [4.69, 9.17) is 31.5 Å². The molecule has 0 amide bonds. The van der Waals surface area contributed by atoms with E-state index in [1.165, 1.54) is 19.3 Å². The highest BCUT2D eigenvalue weighted by Crippen LogP contribution is 2.36. The molecule has 2 atom stereocenters. The standard InChI is InChI=1S/C23H34N4O3S/c1-16-13-25(14-17(2)30-16)15-26-23(31)27(19-8-6-5-7-9-19)22(24-26)18-10-11-20(28-3)21(12-18)29-4/h10-12,16-17,19H,5-9,13-15H2,1-4H3/t16-,17-/m0/s1. The number of morpholine rings is 1. The largest absolute Gasteiger partial charge is 0.493 e. The van der Waals surface area contributed by atoms with E-state index >= 15 is 0 Å². The fourth-order valence-corrected chi connectivity index (χ4v) is 5.28. The van der Waals surface area contributed by atoms with Crippen LogP contribution in [0.4, 0.5) is 0 Å². The zero-order chi connectivity index (χ0) is 22.0. The molecule has 1 aliphatic heterocycles. The van der Waals surface area contributed by atoms with Gasteiger partial charge in [0, 0.05) is 24.7 Å². The van der Waals surface area contributed by atoms with Crippen LogP contribution in [0.1, 0.15) is 52.0 Å². The number of benzene rings is 1. The predicted octanol–water partition coefficient (Wildman–Crippen LogP) is 4.67. The number of rotatable bonds is 6. The number of nitrogens with zero attached hydrogens (tertiary/aromatic N) is 4. The number of methoxy groups -OCH3 is 2. The smallest absolute Gasteiger partial charge is 0.199 e. The van der Waals surface area contributed by atoms with Gasteiger partial charge >= 0.3 is 0 Å². The molecule has 0 unspecified atom stereocenters. The van der Waals surface area contributed by atoms with Crippen molar-refractivity contribution in [2.45, 2.75) is 70.9 Å². The number of hydrogen-bond donors (Lipinski definition) is 0. The first-order chi connectivity index (χ1) is 15.0. The van der Waals surface area contributed by atoms with Gasteiger partial charge in [0.1, 0.15) is 0 Å². The van der Waals surface area contributed by atoms with E-state index in [0.717, 1.165) is 42.1 Å². The maximum atomic E-state index is 5.98. The van der Waals surface area contributed by atoms with Gasteiger partial charge in [-0.1, -0.05) is 19.3 Å². The third-order valence-electron chi connectivity index (χ3n) is 6.28. The molecule has 4 rings (SSSR count).